The Morgan fingerprint density at radius 3 is 2.77 bits per heavy atom. The molecule has 0 atom stereocenters. The molecule has 3 rings (SSSR count). The van der Waals surface area contributed by atoms with Crippen molar-refractivity contribution in [2.75, 3.05) is 24.3 Å². The van der Waals surface area contributed by atoms with Crippen molar-refractivity contribution in [1.29, 1.82) is 0 Å². The van der Waals surface area contributed by atoms with Gasteiger partial charge in [-0.25, -0.2) is 4.98 Å². The van der Waals surface area contributed by atoms with E-state index in [0.717, 1.165) is 34.8 Å². The van der Waals surface area contributed by atoms with Crippen LogP contribution < -0.4 is 15.4 Å². The van der Waals surface area contributed by atoms with E-state index in [1.165, 1.54) is 0 Å². The van der Waals surface area contributed by atoms with Crippen molar-refractivity contribution in [1.82, 2.24) is 4.98 Å². The minimum absolute atomic E-state index is 0.0585. The Morgan fingerprint density at radius 1 is 1.15 bits per heavy atom. The van der Waals surface area contributed by atoms with Crippen LogP contribution in [0.2, 0.25) is 0 Å². The highest BCUT2D eigenvalue weighted by atomic mass is 32.1. The van der Waals surface area contributed by atoms with Crippen molar-refractivity contribution in [2.24, 2.45) is 0 Å². The fourth-order valence-electron chi connectivity index (χ4n) is 2.58. The van der Waals surface area contributed by atoms with Crippen LogP contribution in [0.3, 0.4) is 0 Å². The molecular formula is C20H21N3O2S. The molecule has 0 fully saturated rings. The minimum atomic E-state index is -0.0585. The zero-order valence-electron chi connectivity index (χ0n) is 14.6. The van der Waals surface area contributed by atoms with Crippen LogP contribution in [0.5, 0.6) is 5.75 Å². The van der Waals surface area contributed by atoms with E-state index < -0.39 is 0 Å². The lowest BCUT2D eigenvalue weighted by molar-refractivity contribution is -0.115. The summed E-state index contributed by atoms with van der Waals surface area (Å²) in [6, 6.07) is 15.6. The molecule has 2 aromatic heterocycles. The van der Waals surface area contributed by atoms with E-state index in [4.69, 9.17) is 4.74 Å². The molecule has 0 aliphatic carbocycles. The summed E-state index contributed by atoms with van der Waals surface area (Å²) >= 11 is 1.57. The number of hydrogen-bond donors (Lipinski definition) is 2. The molecule has 6 heteroatoms. The summed E-state index contributed by atoms with van der Waals surface area (Å²) in [5.74, 6) is 1.40. The summed E-state index contributed by atoms with van der Waals surface area (Å²) in [4.78, 5) is 17.3. The quantitative estimate of drug-likeness (QED) is 0.632. The average molecular weight is 367 g/mol. The van der Waals surface area contributed by atoms with Gasteiger partial charge in [-0.2, -0.15) is 0 Å². The van der Waals surface area contributed by atoms with Crippen molar-refractivity contribution < 1.29 is 9.53 Å². The Morgan fingerprint density at radius 2 is 2.04 bits per heavy atom. The number of pyridine rings is 1. The molecule has 2 N–H and O–H groups in total. The van der Waals surface area contributed by atoms with E-state index in [-0.39, 0.29) is 5.91 Å². The molecule has 2 heterocycles. The maximum atomic E-state index is 12.0. The first-order chi connectivity index (χ1) is 12.7. The van der Waals surface area contributed by atoms with Gasteiger partial charge in [0.2, 0.25) is 5.91 Å². The van der Waals surface area contributed by atoms with Gasteiger partial charge in [-0.1, -0.05) is 24.3 Å². The van der Waals surface area contributed by atoms with Crippen molar-refractivity contribution in [2.45, 2.75) is 12.8 Å². The molecular weight excluding hydrogens is 346 g/mol. The van der Waals surface area contributed by atoms with E-state index in [1.807, 2.05) is 41.8 Å². The highest BCUT2D eigenvalue weighted by Crippen LogP contribution is 2.18. The predicted molar refractivity (Wildman–Crippen MR) is 106 cm³/mol. The normalized spacial score (nSPS) is 10.3. The van der Waals surface area contributed by atoms with Crippen molar-refractivity contribution in [3.05, 3.63) is 70.5 Å². The van der Waals surface area contributed by atoms with E-state index in [9.17, 15) is 4.79 Å². The maximum absolute atomic E-state index is 12.0. The van der Waals surface area contributed by atoms with Crippen molar-refractivity contribution in [3.8, 4) is 5.75 Å². The first-order valence-electron chi connectivity index (χ1n) is 8.38. The standard InChI is InChI=1S/C20H21N3O2S/c1-25-18-7-3-2-5-15(18)10-11-21-16-8-9-19(22-14-16)23-20(24)13-17-6-4-12-26-17/h2-9,12,14,21H,10-11,13H2,1H3,(H,22,23,24). The first kappa shape index (κ1) is 17.9. The van der Waals surface area contributed by atoms with Gasteiger partial charge < -0.3 is 15.4 Å². The summed E-state index contributed by atoms with van der Waals surface area (Å²) in [7, 11) is 1.68. The fraction of sp³-hybridized carbons (Fsp3) is 0.200. The number of nitrogens with zero attached hydrogens (tertiary/aromatic N) is 1. The van der Waals surface area contributed by atoms with E-state index in [0.29, 0.717) is 12.2 Å². The van der Waals surface area contributed by atoms with Crippen molar-refractivity contribution >= 4 is 28.7 Å². The second kappa shape index (κ2) is 9.01. The summed E-state index contributed by atoms with van der Waals surface area (Å²) in [6.45, 7) is 0.770. The zero-order chi connectivity index (χ0) is 18.2. The summed E-state index contributed by atoms with van der Waals surface area (Å²) in [6.07, 6.45) is 2.95. The molecule has 0 bridgehead atoms. The van der Waals surface area contributed by atoms with Gasteiger partial charge in [-0.05, 0) is 41.6 Å². The number of thiophene rings is 1. The fourth-order valence-corrected chi connectivity index (χ4v) is 3.29. The molecule has 0 saturated carbocycles. The van der Waals surface area contributed by atoms with Crippen LogP contribution in [0.1, 0.15) is 10.4 Å². The maximum Gasteiger partial charge on any atom is 0.230 e. The molecule has 5 nitrogen and oxygen atoms in total. The number of para-hydroxylation sites is 1. The lowest BCUT2D eigenvalue weighted by Crippen LogP contribution is -2.14. The second-order valence-corrected chi connectivity index (χ2v) is 6.76. The topological polar surface area (TPSA) is 63.2 Å². The summed E-state index contributed by atoms with van der Waals surface area (Å²) in [5.41, 5.74) is 2.07. The zero-order valence-corrected chi connectivity index (χ0v) is 15.4. The van der Waals surface area contributed by atoms with Crippen LogP contribution in [0.25, 0.3) is 0 Å². The minimum Gasteiger partial charge on any atom is -0.496 e. The summed E-state index contributed by atoms with van der Waals surface area (Å²) < 4.78 is 5.36. The number of carbonyl (C=O) groups excluding carboxylic acids is 1. The Bertz CT molecular complexity index is 833. The monoisotopic (exact) mass is 367 g/mol. The van der Waals surface area contributed by atoms with Crippen LogP contribution in [-0.4, -0.2) is 24.5 Å². The molecule has 1 amide bonds. The van der Waals surface area contributed by atoms with Crippen LogP contribution in [0.4, 0.5) is 11.5 Å². The first-order valence-corrected chi connectivity index (χ1v) is 9.26. The Labute approximate surface area is 157 Å². The third-order valence-corrected chi connectivity index (χ3v) is 4.74. The van der Waals surface area contributed by atoms with Gasteiger partial charge in [-0.15, -0.1) is 11.3 Å². The number of ether oxygens (including phenoxy) is 1. The summed E-state index contributed by atoms with van der Waals surface area (Å²) in [5, 5.41) is 8.11. The largest absolute Gasteiger partial charge is 0.496 e. The van der Waals surface area contributed by atoms with E-state index >= 15 is 0 Å². The van der Waals surface area contributed by atoms with E-state index in [1.54, 1.807) is 30.7 Å². The van der Waals surface area contributed by atoms with Crippen LogP contribution in [0.15, 0.2) is 60.1 Å². The van der Waals surface area contributed by atoms with Crippen LogP contribution in [0, 0.1) is 0 Å². The predicted octanol–water partition coefficient (Wildman–Crippen LogP) is 3.99. The number of aromatic nitrogens is 1. The third-order valence-electron chi connectivity index (χ3n) is 3.86. The van der Waals surface area contributed by atoms with Crippen molar-refractivity contribution in [3.63, 3.8) is 0 Å². The molecule has 134 valence electrons. The molecule has 3 aromatic rings. The molecule has 0 aliphatic heterocycles. The van der Waals surface area contributed by atoms with Crippen LogP contribution >= 0.6 is 11.3 Å². The van der Waals surface area contributed by atoms with Gasteiger partial charge >= 0.3 is 0 Å². The Kier molecular flexibility index (Phi) is 6.22. The number of anilines is 2. The van der Waals surface area contributed by atoms with Gasteiger partial charge in [0.05, 0.1) is 25.4 Å². The number of carbonyl (C=O) groups is 1. The van der Waals surface area contributed by atoms with Gasteiger partial charge in [0.25, 0.3) is 0 Å². The SMILES string of the molecule is COc1ccccc1CCNc1ccc(NC(=O)Cc2cccs2)nc1. The highest BCUT2D eigenvalue weighted by molar-refractivity contribution is 7.10. The number of methoxy groups -OCH3 is 1. The van der Waals surface area contributed by atoms with Gasteiger partial charge in [0.1, 0.15) is 11.6 Å². The third kappa shape index (κ3) is 5.07. The Balaban J connectivity index is 1.47. The molecule has 0 radical (unpaired) electrons. The van der Waals surface area contributed by atoms with Crippen LogP contribution in [-0.2, 0) is 17.6 Å². The van der Waals surface area contributed by atoms with E-state index in [2.05, 4.69) is 21.7 Å². The number of nitrogens with one attached hydrogen (secondary N) is 2. The highest BCUT2D eigenvalue weighted by Gasteiger charge is 2.06. The number of hydrogen-bond acceptors (Lipinski definition) is 5. The molecule has 0 aliphatic rings. The van der Waals surface area contributed by atoms with Gasteiger partial charge in [0.15, 0.2) is 0 Å². The number of rotatable bonds is 8. The average Bonchev–Trinajstić information content (AvgIpc) is 3.16. The smallest absolute Gasteiger partial charge is 0.230 e. The molecule has 0 saturated heterocycles. The number of amides is 1. The lowest BCUT2D eigenvalue weighted by atomic mass is 10.1. The van der Waals surface area contributed by atoms with Gasteiger partial charge in [0, 0.05) is 11.4 Å². The molecule has 0 spiro atoms. The molecule has 1 aromatic carbocycles. The lowest BCUT2D eigenvalue weighted by Gasteiger charge is -2.10. The number of benzene rings is 1. The second-order valence-electron chi connectivity index (χ2n) is 5.73. The molecule has 0 unspecified atom stereocenters. The molecule has 26 heavy (non-hydrogen) atoms. The Hall–Kier alpha value is -2.86. The van der Waals surface area contributed by atoms with Gasteiger partial charge in [-0.3, -0.25) is 4.79 Å².